The molecule has 0 saturated carbocycles. The Kier molecular flexibility index (Phi) is 26.5. The Labute approximate surface area is 660 Å². The van der Waals surface area contributed by atoms with Gasteiger partial charge >= 0.3 is 11.9 Å². The second-order valence-electron chi connectivity index (χ2n) is 39.3. The molecule has 12 aliphatic heterocycles. The zero-order valence-corrected chi connectivity index (χ0v) is 73.3. The number of carbonyl (C=O) groups is 4. The Morgan fingerprint density at radius 1 is 0.591 bits per heavy atom. The van der Waals surface area contributed by atoms with Crippen LogP contribution < -0.4 is 4.74 Å². The molecule has 618 valence electrons. The van der Waals surface area contributed by atoms with Gasteiger partial charge in [-0.05, 0) is 152 Å². The number of hydrogen-bond donors (Lipinski definition) is 0. The average molecular weight is 1590 g/mol. The molecule has 0 aliphatic carbocycles. The molecule has 12 bridgehead atoms. The van der Waals surface area contributed by atoms with Crippen LogP contribution in [0.15, 0.2) is 60.7 Å². The normalized spacial score (nSPS) is 38.8. The first-order valence-electron chi connectivity index (χ1n) is 41.7. The zero-order chi connectivity index (χ0) is 79.7. The highest BCUT2D eigenvalue weighted by molar-refractivity contribution is 6.75. The number of benzene rings is 1. The molecule has 0 unspecified atom stereocenters. The van der Waals surface area contributed by atoms with Gasteiger partial charge < -0.3 is 79.6 Å². The summed E-state index contributed by atoms with van der Waals surface area (Å²) in [6.07, 6.45) is 1.70. The molecule has 24 heteroatoms. The maximum Gasteiger partial charge on any atom is 0.308 e. The molecular weight excluding hydrogens is 1450 g/mol. The Hall–Kier alpha value is -3.39. The highest BCUT2D eigenvalue weighted by Crippen LogP contribution is 2.56. The van der Waals surface area contributed by atoms with Crippen molar-refractivity contribution in [2.45, 2.75) is 406 Å². The molecule has 21 nitrogen and oxygen atoms in total. The van der Waals surface area contributed by atoms with Crippen LogP contribution in [0.2, 0.25) is 54.4 Å². The van der Waals surface area contributed by atoms with Crippen LogP contribution in [0.5, 0.6) is 5.75 Å². The van der Waals surface area contributed by atoms with Gasteiger partial charge in [0.2, 0.25) is 0 Å². The number of hydrogen-bond acceptors (Lipinski definition) is 21. The van der Waals surface area contributed by atoms with Crippen LogP contribution >= 0.6 is 0 Å². The summed E-state index contributed by atoms with van der Waals surface area (Å²) in [6, 6.07) is 7.65. The van der Waals surface area contributed by atoms with Crippen molar-refractivity contribution >= 4 is 48.5 Å². The van der Waals surface area contributed by atoms with Crippen molar-refractivity contribution in [2.75, 3.05) is 14.2 Å². The summed E-state index contributed by atoms with van der Waals surface area (Å²) in [7, 11) is -4.34. The Balaban J connectivity index is 0.785. The third kappa shape index (κ3) is 19.2. The smallest absolute Gasteiger partial charge is 0.308 e. The van der Waals surface area contributed by atoms with Crippen LogP contribution in [-0.4, -0.2) is 209 Å². The van der Waals surface area contributed by atoms with Crippen molar-refractivity contribution < 1.29 is 98.8 Å². The Morgan fingerprint density at radius 2 is 1.19 bits per heavy atom. The van der Waals surface area contributed by atoms with Gasteiger partial charge in [-0.3, -0.25) is 19.2 Å². The molecule has 110 heavy (non-hydrogen) atoms. The van der Waals surface area contributed by atoms with Gasteiger partial charge in [0.15, 0.2) is 36.5 Å². The van der Waals surface area contributed by atoms with Gasteiger partial charge in [-0.25, -0.2) is 0 Å². The van der Waals surface area contributed by atoms with E-state index in [-0.39, 0.29) is 132 Å². The van der Waals surface area contributed by atoms with Crippen molar-refractivity contribution in [3.63, 3.8) is 0 Å². The fraction of sp³-hybridized carbons (Fsp3) is 0.814. The number of allylic oxidation sites excluding steroid dienone is 1. The van der Waals surface area contributed by atoms with Gasteiger partial charge in [-0.1, -0.05) is 121 Å². The summed E-state index contributed by atoms with van der Waals surface area (Å²) < 4.78 is 117. The van der Waals surface area contributed by atoms with E-state index in [1.54, 1.807) is 19.3 Å². The number of methoxy groups -OCH3 is 2. The Morgan fingerprint density at radius 3 is 1.85 bits per heavy atom. The SMILES string of the molecule is C=C1C[C@@H]2CC[C@@]34C[C@H]5O[C@@H]6[C@@H](O3)[C@H]3O[C@H](CC[C@@H]3O[C@H]6[C@H]5O4)CC(=O)O[C@@H]3[C@@H](C)[C@@H]4O[C@H](CC(=O)/C=C/[C@@H](OCc5ccc(OC)cc5)[C@@H](C)CC(=O)C[C@H](C)[C@@H]5O[C@H](CC(=O)OC)[C@H](O[Si](C)(C)C(C)(C)C)C[C@@H]5O[Si](C)(C)C(C)(C)C)[C@H](O[Si](C)(C)C(C)(C)C)C[C@@H]4O[C@H]3C[C@H]3O[C@@H](CC[C@@H]1O2)C[C@@H](C)C3=C. The van der Waals surface area contributed by atoms with E-state index in [0.29, 0.717) is 50.7 Å². The van der Waals surface area contributed by atoms with Gasteiger partial charge in [0, 0.05) is 57.3 Å². The fourth-order valence-electron chi connectivity index (χ4n) is 18.4. The first-order chi connectivity index (χ1) is 51.5. The lowest BCUT2D eigenvalue weighted by Gasteiger charge is -2.53. The Bertz CT molecular complexity index is 3430. The largest absolute Gasteiger partial charge is 0.497 e. The second kappa shape index (κ2) is 33.9. The predicted molar refractivity (Wildman–Crippen MR) is 424 cm³/mol. The molecule has 1 spiro atoms. The van der Waals surface area contributed by atoms with Crippen LogP contribution in [0.4, 0.5) is 0 Å². The van der Waals surface area contributed by atoms with E-state index in [9.17, 15) is 14.4 Å². The number of esters is 2. The van der Waals surface area contributed by atoms with E-state index in [2.05, 4.69) is 129 Å². The van der Waals surface area contributed by atoms with E-state index in [1.165, 1.54) is 7.11 Å². The fourth-order valence-corrected chi connectivity index (χ4v) is 22.4. The minimum Gasteiger partial charge on any atom is -0.497 e. The maximum atomic E-state index is 15.1. The summed E-state index contributed by atoms with van der Waals surface area (Å²) in [5.41, 5.74) is 2.98. The number of carbonyl (C=O) groups excluding carboxylic acids is 4. The van der Waals surface area contributed by atoms with E-state index < -0.39 is 140 Å². The first-order valence-corrected chi connectivity index (χ1v) is 50.5. The van der Waals surface area contributed by atoms with Gasteiger partial charge in [-0.2, -0.15) is 0 Å². The molecule has 13 rings (SSSR count). The van der Waals surface area contributed by atoms with Crippen LogP contribution in [0.25, 0.3) is 0 Å². The first kappa shape index (κ1) is 86.0. The highest BCUT2D eigenvalue weighted by Gasteiger charge is 2.69. The number of Topliss-reactive ketones (excluding diaryl/α,β-unsaturated/α-hetero) is 1. The number of ether oxygens (including phenoxy) is 14. The van der Waals surface area contributed by atoms with E-state index in [4.69, 9.17) is 79.6 Å². The molecule has 1 aromatic carbocycles. The van der Waals surface area contributed by atoms with Crippen LogP contribution in [0, 0.1) is 23.7 Å². The molecule has 12 fully saturated rings. The molecule has 12 saturated heterocycles. The summed E-state index contributed by atoms with van der Waals surface area (Å²) in [5, 5.41) is -0.423. The minimum absolute atomic E-state index is 0.00137. The third-order valence-electron chi connectivity index (χ3n) is 28.0. The van der Waals surface area contributed by atoms with Gasteiger partial charge in [0.05, 0.1) is 137 Å². The molecule has 0 amide bonds. The standard InChI is InChI=1S/C86H136O21Si3/c1-48-38-58-29-32-62-50(3)39-60(94-62)34-35-86-46-72-79(103-86)80-81(101-72)82(104-86)78-63(98-80)33-30-59(96-78)41-74(90)102-77-53(6)76-70(97-69(77)42-64(95-58)52(48)5)43-67(105-108(18,19)83(7,8)9)65(100-76)40-55(87)26-31-61(93-47-54-24-27-57(91-16)28-25-54)49(2)36-56(88)37-51(4)75-71(107-110(22,23)85(13,14)15)44-68(66(99-75)45-73(89)92-17)106-109(20,21)84(10,11)12/h24-28,31,48-49,51,53,58-72,75-82H,3,5,29-30,32-47H2,1-2,4,6-23H3/b31-26+/t48-,49+,51+,53+,58+,59-,60+,61-,62+,63+,64-,65-,66-,67-,68-,69+,70+,71+,72-,75+,76+,77-,78+,79+,80+,81+,82+,86+/m1/s1. The number of rotatable bonds is 22. The topological polar surface area (TPSA) is 225 Å². The summed E-state index contributed by atoms with van der Waals surface area (Å²) in [5.74, 6) is -2.12. The molecular formula is C86H136O21Si3. The van der Waals surface area contributed by atoms with Crippen molar-refractivity contribution in [2.24, 2.45) is 23.7 Å². The monoisotopic (exact) mass is 1590 g/mol. The molecule has 28 atom stereocenters. The summed E-state index contributed by atoms with van der Waals surface area (Å²) in [6.45, 7) is 50.9. The zero-order valence-electron chi connectivity index (χ0n) is 70.3. The van der Waals surface area contributed by atoms with Crippen molar-refractivity contribution in [3.8, 4) is 5.75 Å². The highest BCUT2D eigenvalue weighted by atomic mass is 28.4. The third-order valence-corrected chi connectivity index (χ3v) is 41.5. The average Bonchev–Trinajstić information content (AvgIpc) is 1.54. The lowest BCUT2D eigenvalue weighted by atomic mass is 9.79. The van der Waals surface area contributed by atoms with Crippen molar-refractivity contribution in [1.82, 2.24) is 0 Å². The second-order valence-corrected chi connectivity index (χ2v) is 53.6. The number of fused-ring (bicyclic) bond motifs is 7. The molecule has 12 heterocycles. The quantitative estimate of drug-likeness (QED) is 0.0455. The van der Waals surface area contributed by atoms with Gasteiger partial charge in [0.1, 0.15) is 48.2 Å². The maximum absolute atomic E-state index is 15.1. The van der Waals surface area contributed by atoms with E-state index in [1.807, 2.05) is 38.1 Å². The minimum atomic E-state index is -2.55. The van der Waals surface area contributed by atoms with Crippen molar-refractivity contribution in [3.05, 3.63) is 66.3 Å². The van der Waals surface area contributed by atoms with Crippen LogP contribution in [-0.2, 0) is 101 Å². The van der Waals surface area contributed by atoms with Crippen LogP contribution in [0.1, 0.15) is 205 Å². The predicted octanol–water partition coefficient (Wildman–Crippen LogP) is 15.5. The summed E-state index contributed by atoms with van der Waals surface area (Å²) in [4.78, 5) is 58.1. The van der Waals surface area contributed by atoms with E-state index in [0.717, 1.165) is 48.8 Å². The lowest BCUT2D eigenvalue weighted by Crippen LogP contribution is -2.63. The molecule has 12 aliphatic rings. The molecule has 0 radical (unpaired) electrons. The molecule has 1 aromatic rings. The molecule has 0 aromatic heterocycles. The summed E-state index contributed by atoms with van der Waals surface area (Å²) >= 11 is 0. The van der Waals surface area contributed by atoms with Gasteiger partial charge in [-0.15, -0.1) is 0 Å². The van der Waals surface area contributed by atoms with Crippen molar-refractivity contribution in [1.29, 1.82) is 0 Å². The van der Waals surface area contributed by atoms with Gasteiger partial charge in [0.25, 0.3) is 0 Å². The number of ketones is 2. The van der Waals surface area contributed by atoms with Crippen LogP contribution in [0.3, 0.4) is 0 Å². The molecule has 0 N–H and O–H groups in total. The lowest BCUT2D eigenvalue weighted by molar-refractivity contribution is -0.293. The van der Waals surface area contributed by atoms with E-state index >= 15 is 4.79 Å².